The molecule has 0 aliphatic carbocycles. The van der Waals surface area contributed by atoms with Gasteiger partial charge in [-0.2, -0.15) is 0 Å². The molecule has 4 heteroatoms. The third-order valence-electron chi connectivity index (χ3n) is 3.34. The van der Waals surface area contributed by atoms with Crippen LogP contribution in [0.5, 0.6) is 0 Å². The van der Waals surface area contributed by atoms with Gasteiger partial charge in [0.1, 0.15) is 0 Å². The molecule has 0 fully saturated rings. The van der Waals surface area contributed by atoms with Gasteiger partial charge in [-0.05, 0) is 56.5 Å². The second-order valence-electron chi connectivity index (χ2n) is 4.93. The Balaban J connectivity index is 0.000000704. The predicted octanol–water partition coefficient (Wildman–Crippen LogP) is 4.47. The molecule has 0 radical (unpaired) electrons. The summed E-state index contributed by atoms with van der Waals surface area (Å²) in [7, 11) is 4.20. The molecule has 20 heavy (non-hydrogen) atoms. The van der Waals surface area contributed by atoms with E-state index in [9.17, 15) is 0 Å². The molecular weight excluding hydrogens is 319 g/mol. The molecule has 0 amide bonds. The number of halogens is 1. The Bertz CT molecular complexity index is 567. The van der Waals surface area contributed by atoms with E-state index in [0.29, 0.717) is 0 Å². The zero-order valence-corrected chi connectivity index (χ0v) is 13.4. The Kier molecular flexibility index (Phi) is 4.98. The van der Waals surface area contributed by atoms with Gasteiger partial charge in [0.15, 0.2) is 0 Å². The molecule has 0 aromatic heterocycles. The first-order valence-electron chi connectivity index (χ1n) is 6.33. The molecule has 0 spiro atoms. The standard InChI is InChI=1S/C16H17N2.ClH.Cu/c1-12-8-13(2)16(14(3)9-12)18-10-15-6-4-5-7-17(15)11-18;;/h4-11H,1-3H3;1H;/q-1;;+2/p-1. The van der Waals surface area contributed by atoms with Gasteiger partial charge in [0.05, 0.1) is 0 Å². The first-order valence-corrected chi connectivity index (χ1v) is 7.62. The molecule has 2 aliphatic heterocycles. The summed E-state index contributed by atoms with van der Waals surface area (Å²) < 4.78 is 0. The minimum atomic E-state index is 1.21. The van der Waals surface area contributed by atoms with Crippen molar-refractivity contribution in [3.05, 3.63) is 71.8 Å². The van der Waals surface area contributed by atoms with Crippen molar-refractivity contribution in [2.24, 2.45) is 0 Å². The summed E-state index contributed by atoms with van der Waals surface area (Å²) in [6.07, 6.45) is 10.5. The summed E-state index contributed by atoms with van der Waals surface area (Å²) in [6, 6.07) is 4.47. The van der Waals surface area contributed by atoms with Crippen molar-refractivity contribution in [2.75, 3.05) is 4.90 Å². The summed E-state index contributed by atoms with van der Waals surface area (Å²) in [4.78, 5) is 4.35. The van der Waals surface area contributed by atoms with Gasteiger partial charge in [-0.1, -0.05) is 23.8 Å². The summed E-state index contributed by atoms with van der Waals surface area (Å²) in [6.45, 7) is 8.61. The molecule has 1 aromatic carbocycles. The molecule has 2 nitrogen and oxygen atoms in total. The van der Waals surface area contributed by atoms with E-state index in [0.717, 1.165) is 0 Å². The average Bonchev–Trinajstić information content (AvgIpc) is 2.83. The van der Waals surface area contributed by atoms with Crippen molar-refractivity contribution in [3.63, 3.8) is 0 Å². The Labute approximate surface area is 133 Å². The summed E-state index contributed by atoms with van der Waals surface area (Å²) >= 11 is 3.66. The molecule has 0 atom stereocenters. The molecule has 0 unspecified atom stereocenters. The molecule has 3 rings (SSSR count). The normalized spacial score (nSPS) is 15.8. The van der Waals surface area contributed by atoms with Gasteiger partial charge in [-0.3, -0.25) is 0 Å². The van der Waals surface area contributed by atoms with Crippen LogP contribution in [0.3, 0.4) is 0 Å². The van der Waals surface area contributed by atoms with E-state index in [2.05, 4.69) is 99.1 Å². The zero-order valence-electron chi connectivity index (χ0n) is 11.7. The second kappa shape index (κ2) is 6.53. The van der Waals surface area contributed by atoms with Crippen LogP contribution in [0.15, 0.2) is 48.5 Å². The van der Waals surface area contributed by atoms with Crippen LogP contribution in [0.25, 0.3) is 0 Å². The van der Waals surface area contributed by atoms with Crippen LogP contribution in [0, 0.1) is 27.4 Å². The Morgan fingerprint density at radius 1 is 1.00 bits per heavy atom. The van der Waals surface area contributed by atoms with Crippen molar-refractivity contribution in [1.82, 2.24) is 4.90 Å². The van der Waals surface area contributed by atoms with E-state index in [1.165, 1.54) is 28.1 Å². The molecule has 109 valence electrons. The first-order chi connectivity index (χ1) is 9.65. The van der Waals surface area contributed by atoms with Gasteiger partial charge < -0.3 is 9.80 Å². The summed E-state index contributed by atoms with van der Waals surface area (Å²) in [5.41, 5.74) is 6.43. The van der Waals surface area contributed by atoms with Crippen molar-refractivity contribution >= 4 is 15.8 Å². The fraction of sp³-hybridized carbons (Fsp3) is 0.188. The van der Waals surface area contributed by atoms with Gasteiger partial charge in [0.25, 0.3) is 0 Å². The first kappa shape index (κ1) is 15.2. The number of fused-ring (bicyclic) bond motifs is 1. The average molecular weight is 336 g/mol. The number of hydrogen-bond acceptors (Lipinski definition) is 2. The van der Waals surface area contributed by atoms with Gasteiger partial charge in [0, 0.05) is 11.4 Å². The number of anilines is 1. The fourth-order valence-electron chi connectivity index (χ4n) is 2.70. The second-order valence-corrected chi connectivity index (χ2v) is 4.93. The number of hydrogen-bond donors (Lipinski definition) is 0. The van der Waals surface area contributed by atoms with Crippen LogP contribution >= 0.6 is 10.1 Å². The maximum absolute atomic E-state index is 4.20. The number of benzene rings is 1. The number of allylic oxidation sites excluding steroid dienone is 3. The van der Waals surface area contributed by atoms with E-state index < -0.39 is 0 Å². The fourth-order valence-corrected chi connectivity index (χ4v) is 2.70. The topological polar surface area (TPSA) is 6.48 Å². The predicted molar refractivity (Wildman–Crippen MR) is 81.5 cm³/mol. The Morgan fingerprint density at radius 2 is 1.65 bits per heavy atom. The molecule has 0 bridgehead atoms. The van der Waals surface area contributed by atoms with Crippen LogP contribution < -0.4 is 4.90 Å². The molecule has 0 N–H and O–H groups in total. The molecule has 1 aromatic rings. The molecule has 2 heterocycles. The Hall–Kier alpha value is -1.15. The van der Waals surface area contributed by atoms with E-state index in [1.807, 2.05) is 6.08 Å². The van der Waals surface area contributed by atoms with Crippen LogP contribution in [0.1, 0.15) is 16.7 Å². The quantitative estimate of drug-likeness (QED) is 0.552. The van der Waals surface area contributed by atoms with Crippen LogP contribution in [-0.2, 0) is 15.1 Å². The van der Waals surface area contributed by atoms with Crippen molar-refractivity contribution in [3.8, 4) is 0 Å². The third kappa shape index (κ3) is 2.95. The number of nitrogens with zero attached hydrogens (tertiary/aromatic N) is 2. The SMILES string of the molecule is Cc1cc(C)c(N2C=C3C=CC=CN3[CH-]2)c(C)c1.[Cl][Cu+]. The van der Waals surface area contributed by atoms with Crippen molar-refractivity contribution in [2.45, 2.75) is 20.8 Å². The zero-order chi connectivity index (χ0) is 14.7. The molecule has 2 aliphatic rings. The monoisotopic (exact) mass is 335 g/mol. The minimum absolute atomic E-state index is 1.21. The molecular formula is C16H17ClCuN2. The van der Waals surface area contributed by atoms with E-state index in [-0.39, 0.29) is 0 Å². The molecule has 0 saturated carbocycles. The molecule has 0 saturated heterocycles. The van der Waals surface area contributed by atoms with Gasteiger partial charge >= 0.3 is 25.2 Å². The van der Waals surface area contributed by atoms with Crippen molar-refractivity contribution in [1.29, 1.82) is 0 Å². The van der Waals surface area contributed by atoms with Crippen LogP contribution in [0.2, 0.25) is 0 Å². The van der Waals surface area contributed by atoms with E-state index in [4.69, 9.17) is 0 Å². The number of aryl methyl sites for hydroxylation is 3. The summed E-state index contributed by atoms with van der Waals surface area (Å²) in [5.74, 6) is 0. The van der Waals surface area contributed by atoms with Crippen molar-refractivity contribution < 1.29 is 15.1 Å². The third-order valence-corrected chi connectivity index (χ3v) is 3.34. The van der Waals surface area contributed by atoms with Gasteiger partial charge in [0.2, 0.25) is 0 Å². The van der Waals surface area contributed by atoms with E-state index >= 15 is 0 Å². The van der Waals surface area contributed by atoms with E-state index in [1.54, 1.807) is 0 Å². The number of rotatable bonds is 1. The summed E-state index contributed by atoms with van der Waals surface area (Å²) in [5, 5.41) is 0. The van der Waals surface area contributed by atoms with Crippen LogP contribution in [-0.4, -0.2) is 4.90 Å². The Morgan fingerprint density at radius 3 is 2.25 bits per heavy atom. The van der Waals surface area contributed by atoms with Crippen LogP contribution in [0.4, 0.5) is 5.69 Å². The van der Waals surface area contributed by atoms with Gasteiger partial charge in [-0.25, -0.2) is 0 Å². The van der Waals surface area contributed by atoms with Gasteiger partial charge in [-0.15, -0.1) is 6.67 Å². The maximum atomic E-state index is 4.20.